The molecule has 0 aromatic carbocycles. The molecule has 17 heavy (non-hydrogen) atoms. The Balaban J connectivity index is -0.000000282. The van der Waals surface area contributed by atoms with Crippen LogP contribution in [0.15, 0.2) is 0 Å². The lowest BCUT2D eigenvalue weighted by atomic mass is 10.4. The molecule has 0 saturated carbocycles. The molecule has 0 aliphatic rings. The van der Waals surface area contributed by atoms with Crippen LogP contribution in [-0.2, 0) is 0 Å². The summed E-state index contributed by atoms with van der Waals surface area (Å²) in [5.41, 5.74) is 0. The smallest absolute Gasteiger partial charge is 0.0591 e. The average Bonchev–Trinajstić information content (AvgIpc) is 2.21. The summed E-state index contributed by atoms with van der Waals surface area (Å²) in [4.78, 5) is 0. The predicted octanol–water partition coefficient (Wildman–Crippen LogP) is 4.09. The minimum Gasteiger partial charge on any atom is -0.870 e. The fourth-order valence-electron chi connectivity index (χ4n) is 1.95. The van der Waals surface area contributed by atoms with E-state index >= 15 is 0 Å². The first-order chi connectivity index (χ1) is 6.68. The summed E-state index contributed by atoms with van der Waals surface area (Å²) in [6.07, 6.45) is 13.2. The maximum atomic E-state index is 2.62. The van der Waals surface area contributed by atoms with Crippen molar-refractivity contribution < 1.29 is 11.0 Å². The van der Waals surface area contributed by atoms with Crippen LogP contribution >= 0.6 is 17.2 Å². The third-order valence-electron chi connectivity index (χ3n) is 3.15. The Morgan fingerprint density at radius 2 is 0.941 bits per heavy atom. The van der Waals surface area contributed by atoms with Crippen molar-refractivity contribution >= 4 is 17.2 Å². The number of unbranched alkanes of at least 4 members (excludes halogenated alkanes) is 3. The molecule has 110 valence electrons. The first-order valence-corrected chi connectivity index (χ1v) is 9.31. The van der Waals surface area contributed by atoms with Gasteiger partial charge in [0.2, 0.25) is 0 Å². The average molecular weight is 286 g/mol. The lowest BCUT2D eigenvalue weighted by molar-refractivity contribution is 0.823. The van der Waals surface area contributed by atoms with Crippen LogP contribution < -0.4 is 0 Å². The molecule has 0 fully saturated rings. The molecule has 3 N–H and O–H groups in total. The lowest BCUT2D eigenvalue weighted by Gasteiger charge is -2.22. The van der Waals surface area contributed by atoms with Crippen LogP contribution in [0.2, 0.25) is 0 Å². The number of hydrogen-bond donors (Lipinski definition) is 0. The topological polar surface area (TPSA) is 61.5 Å². The van der Waals surface area contributed by atoms with E-state index in [1.165, 1.54) is 38.5 Å². The number of hydrogen-bond acceptors (Lipinski definition) is 1. The van der Waals surface area contributed by atoms with Crippen LogP contribution in [0, 0.1) is 0 Å². The first-order valence-electron chi connectivity index (χ1n) is 6.52. The van der Waals surface area contributed by atoms with Gasteiger partial charge in [0.05, 0.1) is 18.5 Å². The summed E-state index contributed by atoms with van der Waals surface area (Å²) in [7, 11) is -0.519. The summed E-state index contributed by atoms with van der Waals surface area (Å²) in [6, 6.07) is 0. The van der Waals surface area contributed by atoms with Gasteiger partial charge >= 0.3 is 0 Å². The predicted molar refractivity (Wildman–Crippen MR) is 88.8 cm³/mol. The van der Waals surface area contributed by atoms with Crippen molar-refractivity contribution in [2.75, 3.05) is 25.2 Å². The van der Waals surface area contributed by atoms with Crippen molar-refractivity contribution in [3.05, 3.63) is 0 Å². The minimum atomic E-state index is -0.519. The summed E-state index contributed by atoms with van der Waals surface area (Å²) >= 11 is 0. The van der Waals surface area contributed by atoms with E-state index < -0.39 is 7.26 Å². The fourth-order valence-corrected chi connectivity index (χ4v) is 5.86. The van der Waals surface area contributed by atoms with E-state index in [0.29, 0.717) is 0 Å². The van der Waals surface area contributed by atoms with Gasteiger partial charge in [-0.05, 0) is 19.3 Å². The maximum Gasteiger partial charge on any atom is 0.0591 e. The highest BCUT2D eigenvalue weighted by Crippen LogP contribution is 2.57. The van der Waals surface area contributed by atoms with Crippen LogP contribution in [0.4, 0.5) is 0 Å². The third-order valence-corrected chi connectivity index (χ3v) is 7.34. The van der Waals surface area contributed by atoms with Crippen molar-refractivity contribution in [1.29, 1.82) is 0 Å². The van der Waals surface area contributed by atoms with Gasteiger partial charge < -0.3 is 11.0 Å². The highest BCUT2D eigenvalue weighted by Gasteiger charge is 2.28. The van der Waals surface area contributed by atoms with E-state index in [-0.39, 0.29) is 20.9 Å². The van der Waals surface area contributed by atoms with E-state index in [2.05, 4.69) is 27.4 Å². The minimum absolute atomic E-state index is 0. The van der Waals surface area contributed by atoms with E-state index in [0.717, 1.165) is 0 Å². The van der Waals surface area contributed by atoms with Crippen LogP contribution in [0.3, 0.4) is 0 Å². The SMILES string of the molecule is CCCC[P+](C)(CCCC)CCCC.O.P.[OH-]. The molecule has 0 aliphatic carbocycles. The zero-order valence-electron chi connectivity index (χ0n) is 12.5. The quantitative estimate of drug-likeness (QED) is 0.589. The molecule has 0 aromatic heterocycles. The first kappa shape index (κ1) is 26.4. The van der Waals surface area contributed by atoms with Crippen LogP contribution in [0.1, 0.15) is 59.3 Å². The second-order valence-electron chi connectivity index (χ2n) is 4.85. The lowest BCUT2D eigenvalue weighted by Crippen LogP contribution is -2.07. The molecule has 1 atom stereocenters. The molecule has 0 aromatic rings. The molecule has 1 unspecified atom stereocenters. The molecule has 0 radical (unpaired) electrons. The van der Waals surface area contributed by atoms with Gasteiger partial charge in [-0.25, -0.2) is 0 Å². The van der Waals surface area contributed by atoms with Gasteiger partial charge in [0.25, 0.3) is 0 Å². The monoisotopic (exact) mass is 286 g/mol. The van der Waals surface area contributed by atoms with Crippen molar-refractivity contribution in [2.24, 2.45) is 0 Å². The summed E-state index contributed by atoms with van der Waals surface area (Å²) in [6.45, 7) is 9.59. The maximum absolute atomic E-state index is 2.62. The van der Waals surface area contributed by atoms with Crippen LogP contribution in [0.5, 0.6) is 0 Å². The van der Waals surface area contributed by atoms with Gasteiger partial charge in [-0.2, -0.15) is 9.90 Å². The molecular weight excluding hydrogens is 250 g/mol. The van der Waals surface area contributed by atoms with Crippen LogP contribution in [-0.4, -0.2) is 36.1 Å². The normalized spacial score (nSPS) is 9.88. The molecule has 2 nitrogen and oxygen atoms in total. The summed E-state index contributed by atoms with van der Waals surface area (Å²) in [5, 5.41) is 0. The van der Waals surface area contributed by atoms with Crippen LogP contribution in [0.25, 0.3) is 0 Å². The largest absolute Gasteiger partial charge is 0.870 e. The van der Waals surface area contributed by atoms with Crippen molar-refractivity contribution in [3.8, 4) is 0 Å². The molecule has 0 aliphatic heterocycles. The van der Waals surface area contributed by atoms with Gasteiger partial charge in [0, 0.05) is 13.9 Å². The van der Waals surface area contributed by atoms with Crippen molar-refractivity contribution in [3.63, 3.8) is 0 Å². The van der Waals surface area contributed by atoms with Gasteiger partial charge in [0.1, 0.15) is 0 Å². The van der Waals surface area contributed by atoms with Gasteiger partial charge in [-0.1, -0.05) is 40.0 Å². The molecule has 4 heteroatoms. The molecule has 0 heterocycles. The third kappa shape index (κ3) is 14.7. The molecule has 0 spiro atoms. The van der Waals surface area contributed by atoms with Crippen molar-refractivity contribution in [2.45, 2.75) is 59.3 Å². The standard InChI is InChI=1S/C13H30P.2H2O.H3P/c1-5-8-11-14(4,12-9-6-2)13-10-7-3;;;/h5-13H2,1-4H3;2*1H2;1H3/q+1;;;/p-1. The molecule has 0 rings (SSSR count). The Morgan fingerprint density at radius 3 is 1.12 bits per heavy atom. The Bertz CT molecular complexity index is 111. The Kier molecular flexibility index (Phi) is 26.0. The van der Waals surface area contributed by atoms with E-state index in [1.807, 2.05) is 0 Å². The van der Waals surface area contributed by atoms with E-state index in [4.69, 9.17) is 0 Å². The highest BCUT2D eigenvalue weighted by atomic mass is 31.2. The molecule has 0 saturated heterocycles. The molecule has 0 amide bonds. The van der Waals surface area contributed by atoms with Gasteiger partial charge in [-0.15, -0.1) is 0 Å². The van der Waals surface area contributed by atoms with E-state index in [1.54, 1.807) is 18.5 Å². The zero-order chi connectivity index (χ0) is 10.9. The summed E-state index contributed by atoms with van der Waals surface area (Å²) < 4.78 is 0. The fraction of sp³-hybridized carbons (Fsp3) is 1.00. The zero-order valence-corrected chi connectivity index (χ0v) is 14.8. The summed E-state index contributed by atoms with van der Waals surface area (Å²) in [5.74, 6) is 0. The Labute approximate surface area is 113 Å². The molecule has 0 bridgehead atoms. The number of rotatable bonds is 9. The second kappa shape index (κ2) is 16.8. The van der Waals surface area contributed by atoms with E-state index in [9.17, 15) is 0 Å². The van der Waals surface area contributed by atoms with Gasteiger partial charge in [0.15, 0.2) is 0 Å². The Hall–Kier alpha value is 0.780. The Morgan fingerprint density at radius 1 is 0.706 bits per heavy atom. The molecular formula is C13H36O2P2. The highest BCUT2D eigenvalue weighted by molar-refractivity contribution is 7.75. The second-order valence-corrected chi connectivity index (χ2v) is 9.43. The van der Waals surface area contributed by atoms with Gasteiger partial charge in [-0.3, -0.25) is 0 Å². The van der Waals surface area contributed by atoms with Crippen molar-refractivity contribution in [1.82, 2.24) is 0 Å².